The predicted octanol–water partition coefficient (Wildman–Crippen LogP) is -0.508. The number of aromatic nitrogens is 1. The summed E-state index contributed by atoms with van der Waals surface area (Å²) in [4.78, 5) is 4.62. The van der Waals surface area contributed by atoms with Gasteiger partial charge in [0.15, 0.2) is 0 Å². The molecule has 4 nitrogen and oxygen atoms in total. The molecule has 0 bridgehead atoms. The zero-order valence-electron chi connectivity index (χ0n) is 7.39. The Morgan fingerprint density at radius 2 is 2.23 bits per heavy atom. The van der Waals surface area contributed by atoms with Gasteiger partial charge in [-0.15, -0.1) is 11.8 Å². The number of hydrogen-bond acceptors (Lipinski definition) is 5. The first-order chi connectivity index (χ1) is 6.20. The molecular formula is C7H10BNO3S. The standard InChI is InChI=1S/C7H10BNO3S/c1-12-7-6(8(10)11)5(13-2)3-4-9-7/h3-4,10-11H,1-2H3. The molecular weight excluding hydrogens is 189 g/mol. The van der Waals surface area contributed by atoms with Crippen molar-refractivity contribution in [3.63, 3.8) is 0 Å². The molecule has 0 saturated heterocycles. The molecule has 13 heavy (non-hydrogen) atoms. The molecule has 1 heterocycles. The van der Waals surface area contributed by atoms with Gasteiger partial charge in [0.25, 0.3) is 0 Å². The molecule has 6 heteroatoms. The van der Waals surface area contributed by atoms with Crippen LogP contribution >= 0.6 is 11.8 Å². The number of nitrogens with zero attached hydrogens (tertiary/aromatic N) is 1. The Balaban J connectivity index is 3.21. The minimum atomic E-state index is -1.55. The first-order valence-corrected chi connectivity index (χ1v) is 4.86. The summed E-state index contributed by atoms with van der Waals surface area (Å²) in [5.74, 6) is 0.252. The van der Waals surface area contributed by atoms with Crippen molar-refractivity contribution in [3.8, 4) is 5.88 Å². The van der Waals surface area contributed by atoms with Crippen LogP contribution in [0.25, 0.3) is 0 Å². The van der Waals surface area contributed by atoms with E-state index in [4.69, 9.17) is 14.8 Å². The lowest BCUT2D eigenvalue weighted by Gasteiger charge is -2.09. The summed E-state index contributed by atoms with van der Waals surface area (Å²) in [6.07, 6.45) is 3.41. The van der Waals surface area contributed by atoms with Crippen LogP contribution in [0, 0.1) is 0 Å². The molecule has 0 saturated carbocycles. The summed E-state index contributed by atoms with van der Waals surface area (Å²) < 4.78 is 4.90. The van der Waals surface area contributed by atoms with Crippen LogP contribution < -0.4 is 10.2 Å². The fourth-order valence-corrected chi connectivity index (χ4v) is 1.63. The molecule has 0 unspecified atom stereocenters. The van der Waals surface area contributed by atoms with E-state index in [-0.39, 0.29) is 5.88 Å². The van der Waals surface area contributed by atoms with E-state index in [1.807, 2.05) is 6.26 Å². The van der Waals surface area contributed by atoms with Gasteiger partial charge in [0, 0.05) is 11.1 Å². The van der Waals surface area contributed by atoms with Gasteiger partial charge in [0.2, 0.25) is 5.88 Å². The smallest absolute Gasteiger partial charge is 0.481 e. The van der Waals surface area contributed by atoms with Crippen LogP contribution in [0.4, 0.5) is 0 Å². The van der Waals surface area contributed by atoms with Gasteiger partial charge in [-0.1, -0.05) is 0 Å². The third-order valence-corrected chi connectivity index (χ3v) is 2.38. The van der Waals surface area contributed by atoms with Gasteiger partial charge in [-0.25, -0.2) is 4.98 Å². The first-order valence-electron chi connectivity index (χ1n) is 3.63. The second-order valence-electron chi connectivity index (χ2n) is 2.31. The summed E-state index contributed by atoms with van der Waals surface area (Å²) in [6.45, 7) is 0. The fraction of sp³-hybridized carbons (Fsp3) is 0.286. The third-order valence-electron chi connectivity index (χ3n) is 1.59. The van der Waals surface area contributed by atoms with Crippen LogP contribution in [0.2, 0.25) is 0 Å². The molecule has 0 fully saturated rings. The predicted molar refractivity (Wildman–Crippen MR) is 52.4 cm³/mol. The molecule has 1 rings (SSSR count). The lowest BCUT2D eigenvalue weighted by Crippen LogP contribution is -2.33. The van der Waals surface area contributed by atoms with Crippen molar-refractivity contribution in [2.24, 2.45) is 0 Å². The Morgan fingerprint density at radius 1 is 1.54 bits per heavy atom. The van der Waals surface area contributed by atoms with Crippen molar-refractivity contribution >= 4 is 24.3 Å². The highest BCUT2D eigenvalue weighted by molar-refractivity contribution is 7.98. The molecule has 0 radical (unpaired) electrons. The zero-order chi connectivity index (χ0) is 9.84. The Hall–Kier alpha value is -0.715. The second-order valence-corrected chi connectivity index (χ2v) is 3.16. The maximum absolute atomic E-state index is 9.07. The van der Waals surface area contributed by atoms with Crippen molar-refractivity contribution in [2.45, 2.75) is 4.90 Å². The van der Waals surface area contributed by atoms with Crippen LogP contribution in [0.5, 0.6) is 5.88 Å². The molecule has 1 aromatic rings. The summed E-state index contributed by atoms with van der Waals surface area (Å²) in [7, 11) is -0.107. The van der Waals surface area contributed by atoms with Gasteiger partial charge in [-0.05, 0) is 12.3 Å². The van der Waals surface area contributed by atoms with Crippen molar-refractivity contribution in [1.29, 1.82) is 0 Å². The normalized spacial score (nSPS) is 9.85. The van der Waals surface area contributed by atoms with E-state index in [0.29, 0.717) is 5.46 Å². The number of thioether (sulfide) groups is 1. The van der Waals surface area contributed by atoms with E-state index < -0.39 is 7.12 Å². The summed E-state index contributed by atoms with van der Waals surface area (Å²) in [6, 6.07) is 1.71. The van der Waals surface area contributed by atoms with E-state index in [0.717, 1.165) is 4.90 Å². The molecule has 0 aliphatic heterocycles. The van der Waals surface area contributed by atoms with E-state index >= 15 is 0 Å². The highest BCUT2D eigenvalue weighted by Crippen LogP contribution is 2.15. The number of rotatable bonds is 3. The molecule has 0 aliphatic rings. The minimum Gasteiger partial charge on any atom is -0.481 e. The van der Waals surface area contributed by atoms with Crippen molar-refractivity contribution in [3.05, 3.63) is 12.3 Å². The molecule has 2 N–H and O–H groups in total. The van der Waals surface area contributed by atoms with E-state index in [9.17, 15) is 0 Å². The third kappa shape index (κ3) is 2.15. The highest BCUT2D eigenvalue weighted by Gasteiger charge is 2.21. The molecule has 0 aliphatic carbocycles. The van der Waals surface area contributed by atoms with Gasteiger partial charge in [-0.2, -0.15) is 0 Å². The van der Waals surface area contributed by atoms with Gasteiger partial charge >= 0.3 is 7.12 Å². The molecule has 0 spiro atoms. The summed E-state index contributed by atoms with van der Waals surface area (Å²) in [5.41, 5.74) is 0.317. The van der Waals surface area contributed by atoms with Gasteiger partial charge < -0.3 is 14.8 Å². The maximum Gasteiger partial charge on any atom is 0.495 e. The lowest BCUT2D eigenvalue weighted by atomic mass is 9.81. The largest absolute Gasteiger partial charge is 0.495 e. The number of hydrogen-bond donors (Lipinski definition) is 2. The van der Waals surface area contributed by atoms with E-state index in [2.05, 4.69) is 4.98 Å². The topological polar surface area (TPSA) is 62.6 Å². The lowest BCUT2D eigenvalue weighted by molar-refractivity contribution is 0.389. The fourth-order valence-electron chi connectivity index (χ4n) is 1.02. The SMILES string of the molecule is COc1nccc(SC)c1B(O)O. The van der Waals surface area contributed by atoms with Crippen LogP contribution in [0.3, 0.4) is 0 Å². The zero-order valence-corrected chi connectivity index (χ0v) is 8.21. The molecule has 1 aromatic heterocycles. The minimum absolute atomic E-state index is 0.252. The maximum atomic E-state index is 9.07. The number of methoxy groups -OCH3 is 1. The summed E-state index contributed by atoms with van der Waals surface area (Å²) >= 11 is 1.41. The molecule has 0 atom stereocenters. The van der Waals surface area contributed by atoms with Crippen LogP contribution in [-0.4, -0.2) is 35.5 Å². The van der Waals surface area contributed by atoms with Crippen LogP contribution in [0.15, 0.2) is 17.2 Å². The molecule has 70 valence electrons. The van der Waals surface area contributed by atoms with Gasteiger partial charge in [0.05, 0.1) is 12.6 Å². The quantitative estimate of drug-likeness (QED) is 0.507. The average Bonchev–Trinajstić information content (AvgIpc) is 2.16. The summed E-state index contributed by atoms with van der Waals surface area (Å²) in [5, 5.41) is 18.1. The Labute approximate surface area is 81.1 Å². The Bertz CT molecular complexity index is 273. The monoisotopic (exact) mass is 199 g/mol. The second kappa shape index (κ2) is 4.50. The molecule has 0 aromatic carbocycles. The van der Waals surface area contributed by atoms with E-state index in [1.54, 1.807) is 12.3 Å². The van der Waals surface area contributed by atoms with Gasteiger partial charge in [0.1, 0.15) is 0 Å². The van der Waals surface area contributed by atoms with Crippen molar-refractivity contribution in [1.82, 2.24) is 4.98 Å². The highest BCUT2D eigenvalue weighted by atomic mass is 32.2. The molecule has 0 amide bonds. The van der Waals surface area contributed by atoms with Crippen LogP contribution in [-0.2, 0) is 0 Å². The van der Waals surface area contributed by atoms with Crippen molar-refractivity contribution in [2.75, 3.05) is 13.4 Å². The van der Waals surface area contributed by atoms with Crippen molar-refractivity contribution < 1.29 is 14.8 Å². The Kier molecular flexibility index (Phi) is 3.59. The van der Waals surface area contributed by atoms with Gasteiger partial charge in [-0.3, -0.25) is 0 Å². The van der Waals surface area contributed by atoms with Crippen LogP contribution in [0.1, 0.15) is 0 Å². The average molecular weight is 199 g/mol. The first kappa shape index (κ1) is 10.4. The Morgan fingerprint density at radius 3 is 2.69 bits per heavy atom. The number of ether oxygens (including phenoxy) is 1. The number of pyridine rings is 1. The van der Waals surface area contributed by atoms with E-state index in [1.165, 1.54) is 18.9 Å².